The molecule has 0 amide bonds. The van der Waals surface area contributed by atoms with Gasteiger partial charge in [-0.05, 0) is 44.2 Å². The third-order valence-corrected chi connectivity index (χ3v) is 4.48. The van der Waals surface area contributed by atoms with E-state index in [-0.39, 0.29) is 18.1 Å². The first-order valence-electron chi connectivity index (χ1n) is 7.63. The molecule has 0 N–H and O–H groups in total. The van der Waals surface area contributed by atoms with Gasteiger partial charge < -0.3 is 13.9 Å². The average Bonchev–Trinajstić information content (AvgIpc) is 3.17. The first-order valence-corrected chi connectivity index (χ1v) is 7.63. The molecule has 4 rings (SSSR count). The summed E-state index contributed by atoms with van der Waals surface area (Å²) in [6, 6.07) is 3.87. The molecule has 0 saturated carbocycles. The van der Waals surface area contributed by atoms with Gasteiger partial charge in [0.05, 0.1) is 11.6 Å². The number of oxazole rings is 1. The monoisotopic (exact) mass is 289 g/mol. The lowest BCUT2D eigenvalue weighted by atomic mass is 9.99. The summed E-state index contributed by atoms with van der Waals surface area (Å²) < 4.78 is 18.7. The molecule has 2 aliphatic heterocycles. The summed E-state index contributed by atoms with van der Waals surface area (Å²) in [6.45, 7) is 3.54. The highest BCUT2D eigenvalue weighted by Gasteiger charge is 2.29. The predicted octanol–water partition coefficient (Wildman–Crippen LogP) is 3.06. The van der Waals surface area contributed by atoms with Gasteiger partial charge in [-0.25, -0.2) is 9.36 Å². The molecule has 0 spiro atoms. The van der Waals surface area contributed by atoms with Crippen LogP contribution < -0.4 is 5.76 Å². The Bertz CT molecular complexity index is 718. The lowest BCUT2D eigenvalue weighted by Gasteiger charge is -2.17. The van der Waals surface area contributed by atoms with E-state index in [0.29, 0.717) is 12.2 Å². The predicted molar refractivity (Wildman–Crippen MR) is 77.4 cm³/mol. The molecule has 5 heteroatoms. The number of benzene rings is 1. The van der Waals surface area contributed by atoms with Crippen LogP contribution >= 0.6 is 0 Å². The van der Waals surface area contributed by atoms with Crippen LogP contribution in [0.3, 0.4) is 0 Å². The van der Waals surface area contributed by atoms with E-state index in [0.717, 1.165) is 48.9 Å². The first kappa shape index (κ1) is 13.1. The van der Waals surface area contributed by atoms with Crippen molar-refractivity contribution in [3.63, 3.8) is 0 Å². The number of nitrogens with zero attached hydrogens (tertiary/aromatic N) is 1. The number of aromatic nitrogens is 1. The lowest BCUT2D eigenvalue weighted by Crippen LogP contribution is -2.21. The molecule has 2 fully saturated rings. The lowest BCUT2D eigenvalue weighted by molar-refractivity contribution is 0.0537. The number of hydrogen-bond acceptors (Lipinski definition) is 4. The van der Waals surface area contributed by atoms with Crippen molar-refractivity contribution in [2.24, 2.45) is 0 Å². The summed E-state index contributed by atoms with van der Waals surface area (Å²) in [7, 11) is 0. The van der Waals surface area contributed by atoms with Crippen molar-refractivity contribution in [1.29, 1.82) is 0 Å². The van der Waals surface area contributed by atoms with E-state index < -0.39 is 0 Å². The first-order chi connectivity index (χ1) is 10.3. The molecule has 3 heterocycles. The van der Waals surface area contributed by atoms with Crippen LogP contribution in [0.2, 0.25) is 0 Å². The fourth-order valence-electron chi connectivity index (χ4n) is 3.49. The normalized spacial score (nSPS) is 26.0. The zero-order valence-corrected chi connectivity index (χ0v) is 12.1. The maximum absolute atomic E-state index is 12.3. The standard InChI is InChI=1S/C16H19NO4/c1-10-6-7-12-15(14(10)11-4-2-8-19-11)17(16(18)21-12)13-5-3-9-20-13/h6-7,11,13H,2-5,8-9H2,1H3. The van der Waals surface area contributed by atoms with E-state index in [1.165, 1.54) is 0 Å². The van der Waals surface area contributed by atoms with Crippen molar-refractivity contribution in [3.8, 4) is 0 Å². The summed E-state index contributed by atoms with van der Waals surface area (Å²) in [5.41, 5.74) is 3.72. The maximum atomic E-state index is 12.3. The zero-order chi connectivity index (χ0) is 14.4. The summed E-state index contributed by atoms with van der Waals surface area (Å²) in [5, 5.41) is 0. The molecule has 5 nitrogen and oxygen atoms in total. The van der Waals surface area contributed by atoms with Gasteiger partial charge in [0.15, 0.2) is 5.58 Å². The molecule has 112 valence electrons. The number of ether oxygens (including phenoxy) is 2. The quantitative estimate of drug-likeness (QED) is 0.852. The number of aryl methyl sites for hydroxylation is 1. The van der Waals surface area contributed by atoms with Crippen LogP contribution in [0.4, 0.5) is 0 Å². The smallest absolute Gasteiger partial charge is 0.408 e. The highest BCUT2D eigenvalue weighted by molar-refractivity contribution is 5.79. The van der Waals surface area contributed by atoms with Gasteiger partial charge in [0.25, 0.3) is 0 Å². The molecule has 2 saturated heterocycles. The van der Waals surface area contributed by atoms with Crippen LogP contribution in [0.1, 0.15) is 49.1 Å². The molecular formula is C16H19NO4. The number of rotatable bonds is 2. The molecule has 1 aromatic carbocycles. The van der Waals surface area contributed by atoms with Crippen molar-refractivity contribution >= 4 is 11.1 Å². The highest BCUT2D eigenvalue weighted by Crippen LogP contribution is 2.37. The molecular weight excluding hydrogens is 270 g/mol. The fourth-order valence-corrected chi connectivity index (χ4v) is 3.49. The van der Waals surface area contributed by atoms with Crippen molar-refractivity contribution in [1.82, 2.24) is 4.57 Å². The van der Waals surface area contributed by atoms with Crippen LogP contribution in [0.5, 0.6) is 0 Å². The van der Waals surface area contributed by atoms with E-state index in [4.69, 9.17) is 13.9 Å². The second-order valence-corrected chi connectivity index (χ2v) is 5.85. The van der Waals surface area contributed by atoms with Crippen LogP contribution in [0.25, 0.3) is 11.1 Å². The zero-order valence-electron chi connectivity index (χ0n) is 12.1. The molecule has 21 heavy (non-hydrogen) atoms. The highest BCUT2D eigenvalue weighted by atomic mass is 16.5. The molecule has 0 bridgehead atoms. The third-order valence-electron chi connectivity index (χ3n) is 4.48. The van der Waals surface area contributed by atoms with Gasteiger partial charge in [-0.2, -0.15) is 0 Å². The Balaban J connectivity index is 1.97. The number of hydrogen-bond donors (Lipinski definition) is 0. The Morgan fingerprint density at radius 2 is 1.95 bits per heavy atom. The minimum atomic E-state index is -0.332. The van der Waals surface area contributed by atoms with Crippen LogP contribution in [-0.4, -0.2) is 17.8 Å². The molecule has 1 aromatic heterocycles. The minimum Gasteiger partial charge on any atom is -0.408 e. The Morgan fingerprint density at radius 1 is 1.14 bits per heavy atom. The van der Waals surface area contributed by atoms with Gasteiger partial charge in [-0.1, -0.05) is 6.07 Å². The van der Waals surface area contributed by atoms with E-state index in [1.54, 1.807) is 4.57 Å². The average molecular weight is 289 g/mol. The Kier molecular flexibility index (Phi) is 3.12. The molecule has 2 aromatic rings. The second-order valence-electron chi connectivity index (χ2n) is 5.85. The van der Waals surface area contributed by atoms with Crippen molar-refractivity contribution in [3.05, 3.63) is 33.8 Å². The summed E-state index contributed by atoms with van der Waals surface area (Å²) in [6.07, 6.45) is 3.73. The maximum Gasteiger partial charge on any atom is 0.422 e. The van der Waals surface area contributed by atoms with E-state index in [1.807, 2.05) is 12.1 Å². The molecule has 2 atom stereocenters. The van der Waals surface area contributed by atoms with Gasteiger partial charge >= 0.3 is 5.76 Å². The van der Waals surface area contributed by atoms with Crippen LogP contribution in [0.15, 0.2) is 21.3 Å². The summed E-state index contributed by atoms with van der Waals surface area (Å²) >= 11 is 0. The SMILES string of the molecule is Cc1ccc2oc(=O)n(C3CCCO3)c2c1C1CCCO1. The Morgan fingerprint density at radius 3 is 2.67 bits per heavy atom. The van der Waals surface area contributed by atoms with E-state index in [9.17, 15) is 4.79 Å². The fraction of sp³-hybridized carbons (Fsp3) is 0.562. The van der Waals surface area contributed by atoms with Crippen molar-refractivity contribution in [2.75, 3.05) is 13.2 Å². The van der Waals surface area contributed by atoms with Crippen molar-refractivity contribution in [2.45, 2.75) is 44.9 Å². The van der Waals surface area contributed by atoms with Crippen LogP contribution in [0, 0.1) is 6.92 Å². The summed E-state index contributed by atoms with van der Waals surface area (Å²) in [5.74, 6) is -0.332. The van der Waals surface area contributed by atoms with E-state index >= 15 is 0 Å². The Hall–Kier alpha value is -1.59. The Labute approximate surface area is 122 Å². The van der Waals surface area contributed by atoms with Crippen LogP contribution in [-0.2, 0) is 9.47 Å². The van der Waals surface area contributed by atoms with Gasteiger partial charge in [-0.3, -0.25) is 0 Å². The molecule has 2 unspecified atom stereocenters. The second kappa shape index (κ2) is 5.00. The van der Waals surface area contributed by atoms with Gasteiger partial charge in [0.1, 0.15) is 6.23 Å². The van der Waals surface area contributed by atoms with E-state index in [2.05, 4.69) is 6.92 Å². The largest absolute Gasteiger partial charge is 0.422 e. The summed E-state index contributed by atoms with van der Waals surface area (Å²) in [4.78, 5) is 12.3. The molecule has 0 aliphatic carbocycles. The minimum absolute atomic E-state index is 0.0540. The van der Waals surface area contributed by atoms with Crippen molar-refractivity contribution < 1.29 is 13.9 Å². The topological polar surface area (TPSA) is 53.6 Å². The molecule has 0 radical (unpaired) electrons. The number of fused-ring (bicyclic) bond motifs is 1. The van der Waals surface area contributed by atoms with Gasteiger partial charge in [0.2, 0.25) is 0 Å². The third kappa shape index (κ3) is 2.03. The molecule has 2 aliphatic rings. The van der Waals surface area contributed by atoms with Gasteiger partial charge in [-0.15, -0.1) is 0 Å². The van der Waals surface area contributed by atoms with Gasteiger partial charge in [0, 0.05) is 18.8 Å².